The Bertz CT molecular complexity index is 1030. The second-order valence-corrected chi connectivity index (χ2v) is 6.57. The van der Waals surface area contributed by atoms with Gasteiger partial charge < -0.3 is 0 Å². The second kappa shape index (κ2) is 7.24. The summed E-state index contributed by atoms with van der Waals surface area (Å²) >= 11 is 12.1. The summed E-state index contributed by atoms with van der Waals surface area (Å²) in [6.45, 7) is 0. The molecule has 0 atom stereocenters. The van der Waals surface area contributed by atoms with Crippen molar-refractivity contribution in [3.63, 3.8) is 0 Å². The molecule has 0 saturated heterocycles. The third-order valence-corrected chi connectivity index (χ3v) is 4.52. The molecule has 4 aromatic rings. The zero-order valence-corrected chi connectivity index (χ0v) is 15.1. The van der Waals surface area contributed by atoms with Crippen molar-refractivity contribution in [2.24, 2.45) is 0 Å². The van der Waals surface area contributed by atoms with Crippen LogP contribution in [0.3, 0.4) is 0 Å². The largest absolute Gasteiger partial charge is 0.245 e. The monoisotopic (exact) mass is 377 g/mol. The maximum Gasteiger partial charge on any atom is 0.116 e. The lowest BCUT2D eigenvalue weighted by Gasteiger charge is -2.12. The van der Waals surface area contributed by atoms with Crippen LogP contribution in [-0.2, 0) is 0 Å². The van der Waals surface area contributed by atoms with Crippen LogP contribution in [-0.4, -0.2) is 15.0 Å². The van der Waals surface area contributed by atoms with E-state index < -0.39 is 0 Å². The van der Waals surface area contributed by atoms with Crippen molar-refractivity contribution in [2.75, 3.05) is 0 Å². The van der Waals surface area contributed by atoms with E-state index in [4.69, 9.17) is 28.2 Å². The highest BCUT2D eigenvalue weighted by molar-refractivity contribution is 6.31. The number of hydrogen-bond acceptors (Lipinski definition) is 3. The molecule has 4 rings (SSSR count). The molecule has 0 aliphatic heterocycles. The van der Waals surface area contributed by atoms with E-state index in [-0.39, 0.29) is 0 Å². The first-order chi connectivity index (χ1) is 12.7. The summed E-state index contributed by atoms with van der Waals surface area (Å²) in [5.41, 5.74) is 5.46. The summed E-state index contributed by atoms with van der Waals surface area (Å²) in [5.74, 6) is 0. The van der Waals surface area contributed by atoms with Gasteiger partial charge in [-0.05, 0) is 48.0 Å². The van der Waals surface area contributed by atoms with Gasteiger partial charge in [-0.15, -0.1) is 0 Å². The van der Waals surface area contributed by atoms with Gasteiger partial charge in [-0.3, -0.25) is 0 Å². The van der Waals surface area contributed by atoms with Gasteiger partial charge in [0.05, 0.1) is 17.1 Å². The van der Waals surface area contributed by atoms with Gasteiger partial charge in [0, 0.05) is 27.4 Å². The van der Waals surface area contributed by atoms with Crippen molar-refractivity contribution < 1.29 is 0 Å². The number of halogens is 2. The van der Waals surface area contributed by atoms with E-state index in [1.807, 2.05) is 60.7 Å². The van der Waals surface area contributed by atoms with E-state index in [0.717, 1.165) is 33.8 Å². The van der Waals surface area contributed by atoms with E-state index in [2.05, 4.69) is 16.0 Å². The molecule has 5 heteroatoms. The summed E-state index contributed by atoms with van der Waals surface area (Å²) in [5, 5.41) is 1.39. The Morgan fingerprint density at radius 3 is 1.88 bits per heavy atom. The molecule has 0 amide bonds. The lowest BCUT2D eigenvalue weighted by Crippen LogP contribution is -1.94. The van der Waals surface area contributed by atoms with Crippen molar-refractivity contribution >= 4 is 23.2 Å². The maximum atomic E-state index is 6.05. The van der Waals surface area contributed by atoms with Gasteiger partial charge in [0.1, 0.15) is 6.33 Å². The second-order valence-electron chi connectivity index (χ2n) is 5.70. The molecule has 0 N–H and O–H groups in total. The van der Waals surface area contributed by atoms with Gasteiger partial charge in [-0.2, -0.15) is 0 Å². The fourth-order valence-corrected chi connectivity index (χ4v) is 2.99. The zero-order valence-electron chi connectivity index (χ0n) is 13.6. The molecule has 2 aromatic heterocycles. The van der Waals surface area contributed by atoms with Crippen molar-refractivity contribution in [3.8, 4) is 33.8 Å². The predicted molar refractivity (Wildman–Crippen MR) is 106 cm³/mol. The van der Waals surface area contributed by atoms with Crippen LogP contribution < -0.4 is 0 Å². The highest BCUT2D eigenvalue weighted by Gasteiger charge is 2.12. The van der Waals surface area contributed by atoms with E-state index in [1.54, 1.807) is 6.20 Å². The average Bonchev–Trinajstić information content (AvgIpc) is 2.70. The van der Waals surface area contributed by atoms with Crippen LogP contribution in [0.5, 0.6) is 0 Å². The topological polar surface area (TPSA) is 38.7 Å². The molecule has 0 unspecified atom stereocenters. The first kappa shape index (κ1) is 16.7. The van der Waals surface area contributed by atoms with Crippen molar-refractivity contribution in [1.29, 1.82) is 0 Å². The summed E-state index contributed by atoms with van der Waals surface area (Å²) in [7, 11) is 0. The number of rotatable bonds is 3. The highest BCUT2D eigenvalue weighted by Crippen LogP contribution is 2.33. The van der Waals surface area contributed by atoms with Crippen LogP contribution >= 0.6 is 23.2 Å². The average molecular weight is 378 g/mol. The standard InChI is InChI=1S/C21H13Cl2N3/c22-16-5-1-14(2-6-16)18-9-10-20(19-11-12-24-13-25-19)26-21(18)15-3-7-17(23)8-4-15/h1-13H. The normalized spacial score (nSPS) is 10.7. The molecule has 0 aliphatic rings. The lowest BCUT2D eigenvalue weighted by atomic mass is 9.98. The SMILES string of the molecule is Clc1ccc(-c2ccc(-c3ccncn3)nc2-c2ccc(Cl)cc2)cc1. The minimum atomic E-state index is 0.689. The van der Waals surface area contributed by atoms with Crippen LogP contribution in [0.1, 0.15) is 0 Å². The molecule has 0 spiro atoms. The summed E-state index contributed by atoms with van der Waals surface area (Å²) in [6, 6.07) is 21.2. The van der Waals surface area contributed by atoms with Crippen molar-refractivity contribution in [1.82, 2.24) is 15.0 Å². The van der Waals surface area contributed by atoms with E-state index >= 15 is 0 Å². The maximum absolute atomic E-state index is 6.05. The Labute approximate surface area is 161 Å². The molecule has 2 heterocycles. The Balaban J connectivity index is 1.90. The van der Waals surface area contributed by atoms with Gasteiger partial charge in [0.15, 0.2) is 0 Å². The van der Waals surface area contributed by atoms with Crippen LogP contribution in [0.25, 0.3) is 33.8 Å². The van der Waals surface area contributed by atoms with Crippen LogP contribution in [0, 0.1) is 0 Å². The van der Waals surface area contributed by atoms with Gasteiger partial charge in [-0.25, -0.2) is 15.0 Å². The molecule has 0 bridgehead atoms. The molecule has 0 aliphatic carbocycles. The zero-order chi connectivity index (χ0) is 17.9. The molecule has 0 radical (unpaired) electrons. The summed E-state index contributed by atoms with van der Waals surface area (Å²) < 4.78 is 0. The first-order valence-electron chi connectivity index (χ1n) is 8.00. The molecular formula is C21H13Cl2N3. The lowest BCUT2D eigenvalue weighted by molar-refractivity contribution is 1.15. The minimum absolute atomic E-state index is 0.689. The van der Waals surface area contributed by atoms with E-state index in [0.29, 0.717) is 10.0 Å². The van der Waals surface area contributed by atoms with E-state index in [1.165, 1.54) is 6.33 Å². The Kier molecular flexibility index (Phi) is 4.65. The number of aromatic nitrogens is 3. The molecule has 0 saturated carbocycles. The van der Waals surface area contributed by atoms with Crippen LogP contribution in [0.15, 0.2) is 79.3 Å². The Morgan fingerprint density at radius 1 is 0.615 bits per heavy atom. The number of nitrogens with zero attached hydrogens (tertiary/aromatic N) is 3. The fraction of sp³-hybridized carbons (Fsp3) is 0. The fourth-order valence-electron chi connectivity index (χ4n) is 2.73. The van der Waals surface area contributed by atoms with Crippen LogP contribution in [0.4, 0.5) is 0 Å². The third kappa shape index (κ3) is 3.45. The molecule has 26 heavy (non-hydrogen) atoms. The summed E-state index contributed by atoms with van der Waals surface area (Å²) in [4.78, 5) is 13.1. The van der Waals surface area contributed by atoms with Gasteiger partial charge in [0.2, 0.25) is 0 Å². The Hall–Kier alpha value is -2.75. The quantitative estimate of drug-likeness (QED) is 0.427. The molecular weight excluding hydrogens is 365 g/mol. The molecule has 0 fully saturated rings. The number of pyridine rings is 1. The van der Waals surface area contributed by atoms with E-state index in [9.17, 15) is 0 Å². The molecule has 126 valence electrons. The minimum Gasteiger partial charge on any atom is -0.245 e. The molecule has 2 aromatic carbocycles. The van der Waals surface area contributed by atoms with Crippen LogP contribution in [0.2, 0.25) is 10.0 Å². The number of benzene rings is 2. The van der Waals surface area contributed by atoms with Gasteiger partial charge >= 0.3 is 0 Å². The summed E-state index contributed by atoms with van der Waals surface area (Å²) in [6.07, 6.45) is 3.23. The van der Waals surface area contributed by atoms with Gasteiger partial charge in [0.25, 0.3) is 0 Å². The van der Waals surface area contributed by atoms with Crippen molar-refractivity contribution in [2.45, 2.75) is 0 Å². The molecule has 3 nitrogen and oxygen atoms in total. The first-order valence-corrected chi connectivity index (χ1v) is 8.75. The van der Waals surface area contributed by atoms with Gasteiger partial charge in [-0.1, -0.05) is 47.5 Å². The Morgan fingerprint density at radius 2 is 1.27 bits per heavy atom. The third-order valence-electron chi connectivity index (χ3n) is 4.01. The number of hydrogen-bond donors (Lipinski definition) is 0. The smallest absolute Gasteiger partial charge is 0.116 e. The predicted octanol–water partition coefficient (Wildman–Crippen LogP) is 6.18. The van der Waals surface area contributed by atoms with Crippen molar-refractivity contribution in [3.05, 3.63) is 89.3 Å². The highest BCUT2D eigenvalue weighted by atomic mass is 35.5.